The summed E-state index contributed by atoms with van der Waals surface area (Å²) < 4.78 is 14.2. The van der Waals surface area contributed by atoms with Crippen molar-refractivity contribution in [2.45, 2.75) is 45.2 Å². The first kappa shape index (κ1) is 21.2. The molecule has 0 saturated heterocycles. The van der Waals surface area contributed by atoms with Gasteiger partial charge in [0.05, 0.1) is 11.7 Å². The van der Waals surface area contributed by atoms with Crippen LogP contribution in [0.1, 0.15) is 35.3 Å². The number of fused-ring (bicyclic) bond motifs is 3. The van der Waals surface area contributed by atoms with Gasteiger partial charge in [0.15, 0.2) is 0 Å². The Labute approximate surface area is 182 Å². The molecule has 1 aliphatic rings. The number of benzene rings is 1. The Hall–Kier alpha value is -3.07. The second kappa shape index (κ2) is 9.38. The molecule has 9 heteroatoms. The molecule has 2 aromatic heterocycles. The summed E-state index contributed by atoms with van der Waals surface area (Å²) in [5.41, 5.74) is 1.70. The van der Waals surface area contributed by atoms with Crippen molar-refractivity contribution in [2.24, 2.45) is 0 Å². The summed E-state index contributed by atoms with van der Waals surface area (Å²) in [6.45, 7) is 0.315. The van der Waals surface area contributed by atoms with Gasteiger partial charge in [-0.1, -0.05) is 12.1 Å². The van der Waals surface area contributed by atoms with E-state index in [9.17, 15) is 18.8 Å². The van der Waals surface area contributed by atoms with E-state index in [0.717, 1.165) is 41.6 Å². The highest BCUT2D eigenvalue weighted by molar-refractivity contribution is 7.18. The van der Waals surface area contributed by atoms with Crippen LogP contribution < -0.4 is 16.2 Å². The van der Waals surface area contributed by atoms with Gasteiger partial charge in [-0.3, -0.25) is 19.0 Å². The molecule has 3 aromatic rings. The van der Waals surface area contributed by atoms with Crippen molar-refractivity contribution in [3.8, 4) is 0 Å². The molecular weight excluding hydrogens is 419 g/mol. The Balaban J connectivity index is 1.28. The number of nitrogens with zero attached hydrogens (tertiary/aromatic N) is 2. The van der Waals surface area contributed by atoms with Crippen LogP contribution in [0.2, 0.25) is 0 Å². The Morgan fingerprint density at radius 2 is 1.87 bits per heavy atom. The van der Waals surface area contributed by atoms with E-state index in [1.807, 2.05) is 0 Å². The molecule has 0 spiro atoms. The summed E-state index contributed by atoms with van der Waals surface area (Å²) >= 11 is 1.57. The predicted octanol–water partition coefficient (Wildman–Crippen LogP) is 2.30. The van der Waals surface area contributed by atoms with Gasteiger partial charge in [0.2, 0.25) is 11.8 Å². The van der Waals surface area contributed by atoms with Crippen molar-refractivity contribution in [3.63, 3.8) is 0 Å². The molecule has 162 valence electrons. The van der Waals surface area contributed by atoms with Crippen LogP contribution in [0.25, 0.3) is 10.2 Å². The maximum absolute atomic E-state index is 12.9. The van der Waals surface area contributed by atoms with Crippen LogP contribution in [-0.2, 0) is 35.5 Å². The largest absolute Gasteiger partial charge is 0.354 e. The van der Waals surface area contributed by atoms with Gasteiger partial charge in [0.1, 0.15) is 17.2 Å². The van der Waals surface area contributed by atoms with Crippen LogP contribution in [0.5, 0.6) is 0 Å². The SMILES string of the molecule is O=C(CCNC(=O)Cn1cnc2sc3c(c2c1=O)CCCC3)NCc1ccc(F)cc1. The van der Waals surface area contributed by atoms with Crippen LogP contribution >= 0.6 is 11.3 Å². The van der Waals surface area contributed by atoms with Crippen LogP contribution in [0.3, 0.4) is 0 Å². The van der Waals surface area contributed by atoms with Crippen molar-refractivity contribution in [1.29, 1.82) is 0 Å². The fourth-order valence-electron chi connectivity index (χ4n) is 3.71. The highest BCUT2D eigenvalue weighted by atomic mass is 32.1. The maximum atomic E-state index is 12.9. The van der Waals surface area contributed by atoms with Gasteiger partial charge in [-0.15, -0.1) is 11.3 Å². The normalized spacial score (nSPS) is 13.1. The highest BCUT2D eigenvalue weighted by Crippen LogP contribution is 2.33. The number of aryl methyl sites for hydroxylation is 2. The number of thiophene rings is 1. The first-order valence-electron chi connectivity index (χ1n) is 10.3. The van der Waals surface area contributed by atoms with E-state index in [0.29, 0.717) is 11.9 Å². The minimum absolute atomic E-state index is 0.108. The number of carbonyl (C=O) groups is 2. The zero-order valence-electron chi connectivity index (χ0n) is 16.9. The fraction of sp³-hybridized carbons (Fsp3) is 0.364. The number of rotatable bonds is 7. The van der Waals surface area contributed by atoms with Gasteiger partial charge in [-0.25, -0.2) is 9.37 Å². The molecule has 0 unspecified atom stereocenters. The van der Waals surface area contributed by atoms with Crippen LogP contribution in [0, 0.1) is 5.82 Å². The van der Waals surface area contributed by atoms with Crippen molar-refractivity contribution in [1.82, 2.24) is 20.2 Å². The summed E-state index contributed by atoms with van der Waals surface area (Å²) in [7, 11) is 0. The van der Waals surface area contributed by atoms with Gasteiger partial charge in [0.25, 0.3) is 5.56 Å². The Morgan fingerprint density at radius 3 is 2.68 bits per heavy atom. The second-order valence-corrected chi connectivity index (χ2v) is 8.66. The lowest BCUT2D eigenvalue weighted by atomic mass is 9.97. The van der Waals surface area contributed by atoms with E-state index >= 15 is 0 Å². The van der Waals surface area contributed by atoms with Gasteiger partial charge >= 0.3 is 0 Å². The van der Waals surface area contributed by atoms with E-state index in [-0.39, 0.29) is 42.7 Å². The molecule has 1 aromatic carbocycles. The molecule has 0 bridgehead atoms. The standard InChI is InChI=1S/C22H23FN4O3S/c23-15-7-5-14(6-8-15)11-25-18(28)9-10-24-19(29)12-27-13-26-21-20(22(27)30)16-3-1-2-4-17(16)31-21/h5-8,13H,1-4,9-12H2,(H,24,29)(H,25,28). The van der Waals surface area contributed by atoms with E-state index in [4.69, 9.17) is 0 Å². The lowest BCUT2D eigenvalue weighted by Gasteiger charge is -2.10. The van der Waals surface area contributed by atoms with Crippen molar-refractivity contribution in [2.75, 3.05) is 6.54 Å². The lowest BCUT2D eigenvalue weighted by molar-refractivity contribution is -0.122. The Bertz CT molecular complexity index is 1170. The number of nitrogens with one attached hydrogen (secondary N) is 2. The van der Waals surface area contributed by atoms with Gasteiger partial charge in [0, 0.05) is 24.4 Å². The second-order valence-electron chi connectivity index (χ2n) is 7.57. The third-order valence-electron chi connectivity index (χ3n) is 5.33. The zero-order valence-corrected chi connectivity index (χ0v) is 17.8. The fourth-order valence-corrected chi connectivity index (χ4v) is 4.93. The molecule has 2 N–H and O–H groups in total. The van der Waals surface area contributed by atoms with E-state index in [1.165, 1.54) is 27.9 Å². The molecule has 0 saturated carbocycles. The minimum Gasteiger partial charge on any atom is -0.354 e. The van der Waals surface area contributed by atoms with Crippen LogP contribution in [0.4, 0.5) is 4.39 Å². The minimum atomic E-state index is -0.348. The molecule has 2 heterocycles. The highest BCUT2D eigenvalue weighted by Gasteiger charge is 2.20. The number of halogens is 1. The van der Waals surface area contributed by atoms with E-state index in [2.05, 4.69) is 15.6 Å². The van der Waals surface area contributed by atoms with Crippen molar-refractivity contribution in [3.05, 3.63) is 62.8 Å². The molecule has 0 atom stereocenters. The number of hydrogen-bond donors (Lipinski definition) is 2. The molecule has 7 nitrogen and oxygen atoms in total. The molecule has 2 amide bonds. The number of hydrogen-bond acceptors (Lipinski definition) is 5. The molecule has 0 radical (unpaired) electrons. The summed E-state index contributed by atoms with van der Waals surface area (Å²) in [6.07, 6.45) is 5.60. The summed E-state index contributed by atoms with van der Waals surface area (Å²) in [4.78, 5) is 43.4. The monoisotopic (exact) mass is 442 g/mol. The molecule has 0 fully saturated rings. The van der Waals surface area contributed by atoms with Crippen molar-refractivity contribution < 1.29 is 14.0 Å². The van der Waals surface area contributed by atoms with E-state index < -0.39 is 0 Å². The molecule has 4 rings (SSSR count). The third-order valence-corrected chi connectivity index (χ3v) is 6.53. The average molecular weight is 443 g/mol. The third kappa shape index (κ3) is 4.99. The van der Waals surface area contributed by atoms with Crippen LogP contribution in [-0.4, -0.2) is 27.9 Å². The van der Waals surface area contributed by atoms with Gasteiger partial charge in [-0.2, -0.15) is 0 Å². The first-order valence-corrected chi connectivity index (χ1v) is 11.1. The predicted molar refractivity (Wildman–Crippen MR) is 116 cm³/mol. The topological polar surface area (TPSA) is 93.1 Å². The maximum Gasteiger partial charge on any atom is 0.262 e. The average Bonchev–Trinajstić information content (AvgIpc) is 3.15. The molecule has 31 heavy (non-hydrogen) atoms. The molecule has 0 aliphatic heterocycles. The Morgan fingerprint density at radius 1 is 1.10 bits per heavy atom. The molecule has 1 aliphatic carbocycles. The van der Waals surface area contributed by atoms with Crippen LogP contribution in [0.15, 0.2) is 35.4 Å². The van der Waals surface area contributed by atoms with Gasteiger partial charge in [-0.05, 0) is 48.9 Å². The zero-order chi connectivity index (χ0) is 21.8. The number of aromatic nitrogens is 2. The summed E-state index contributed by atoms with van der Waals surface area (Å²) in [5.74, 6) is -0.904. The molecular formula is C22H23FN4O3S. The van der Waals surface area contributed by atoms with E-state index in [1.54, 1.807) is 23.5 Å². The Kier molecular flexibility index (Phi) is 6.41. The first-order chi connectivity index (χ1) is 15.0. The number of carbonyl (C=O) groups excluding carboxylic acids is 2. The van der Waals surface area contributed by atoms with Gasteiger partial charge < -0.3 is 10.6 Å². The lowest BCUT2D eigenvalue weighted by Crippen LogP contribution is -2.35. The number of amides is 2. The summed E-state index contributed by atoms with van der Waals surface area (Å²) in [6, 6.07) is 5.87. The summed E-state index contributed by atoms with van der Waals surface area (Å²) in [5, 5.41) is 6.03. The smallest absolute Gasteiger partial charge is 0.262 e. The quantitative estimate of drug-likeness (QED) is 0.587. The van der Waals surface area contributed by atoms with Crippen molar-refractivity contribution >= 4 is 33.4 Å².